The molecule has 3 aromatic rings. The van der Waals surface area contributed by atoms with Crippen LogP contribution in [0.1, 0.15) is 34.5 Å². The van der Waals surface area contributed by atoms with Gasteiger partial charge in [0.05, 0.1) is 40.0 Å². The summed E-state index contributed by atoms with van der Waals surface area (Å²) in [4.78, 5) is 21.7. The van der Waals surface area contributed by atoms with Crippen molar-refractivity contribution in [2.75, 3.05) is 19.6 Å². The molecule has 4 heterocycles. The van der Waals surface area contributed by atoms with Gasteiger partial charge in [-0.25, -0.2) is 0 Å². The maximum Gasteiger partial charge on any atom is 0.152 e. The minimum absolute atomic E-state index is 0.0319. The van der Waals surface area contributed by atoms with Crippen molar-refractivity contribution in [3.8, 4) is 11.4 Å². The Bertz CT molecular complexity index is 1060. The normalized spacial score (nSPS) is 19.4. The molecule has 28 heavy (non-hydrogen) atoms. The Kier molecular flexibility index (Phi) is 4.53. The van der Waals surface area contributed by atoms with E-state index in [0.717, 1.165) is 59.5 Å². The number of nitrogens with zero attached hydrogens (tertiary/aromatic N) is 4. The van der Waals surface area contributed by atoms with Gasteiger partial charge in [0.15, 0.2) is 6.29 Å². The molecule has 0 spiro atoms. The first kappa shape index (κ1) is 17.6. The summed E-state index contributed by atoms with van der Waals surface area (Å²) >= 11 is 6.42. The molecule has 1 fully saturated rings. The minimum Gasteiger partial charge on any atom is -0.351 e. The third-order valence-corrected chi connectivity index (χ3v) is 6.01. The van der Waals surface area contributed by atoms with Crippen LogP contribution in [0.5, 0.6) is 0 Å². The van der Waals surface area contributed by atoms with Gasteiger partial charge in [-0.3, -0.25) is 14.5 Å². The van der Waals surface area contributed by atoms with Crippen LogP contribution in [0.3, 0.4) is 0 Å². The number of halogens is 1. The fourth-order valence-corrected chi connectivity index (χ4v) is 4.52. The third-order valence-electron chi connectivity index (χ3n) is 5.71. The molecular weight excluding hydrogens is 374 g/mol. The lowest BCUT2D eigenvalue weighted by molar-refractivity contribution is 0.112. The second-order valence-corrected chi connectivity index (χ2v) is 8.09. The fraction of sp³-hybridized carbons (Fsp3) is 0.381. The lowest BCUT2D eigenvalue weighted by Crippen LogP contribution is -2.24. The number of aldehydes is 1. The maximum atomic E-state index is 11.4. The van der Waals surface area contributed by atoms with Gasteiger partial charge < -0.3 is 9.88 Å². The molecule has 0 aromatic carbocycles. The van der Waals surface area contributed by atoms with E-state index in [-0.39, 0.29) is 5.38 Å². The van der Waals surface area contributed by atoms with Gasteiger partial charge in [0.2, 0.25) is 0 Å². The van der Waals surface area contributed by atoms with Crippen molar-refractivity contribution in [1.82, 2.24) is 24.6 Å². The number of carbonyl (C=O) groups is 1. The number of rotatable bonds is 5. The number of nitrogens with one attached hydrogen (secondary N) is 1. The van der Waals surface area contributed by atoms with Gasteiger partial charge in [-0.15, -0.1) is 11.6 Å². The van der Waals surface area contributed by atoms with E-state index in [1.807, 2.05) is 18.2 Å². The number of aromatic amines is 1. The lowest BCUT2D eigenvalue weighted by atomic mass is 10.00. The SMILES string of the molecule is O=Cc1ccnc2cc(-c3c4c(nn3CCN3CCCC3)C=CC(Cl)C4)[nH]c12. The molecule has 1 aliphatic heterocycles. The van der Waals surface area contributed by atoms with Gasteiger partial charge >= 0.3 is 0 Å². The van der Waals surface area contributed by atoms with E-state index in [1.165, 1.54) is 25.9 Å². The molecule has 2 aliphatic rings. The topological polar surface area (TPSA) is 66.8 Å². The summed E-state index contributed by atoms with van der Waals surface area (Å²) in [6.45, 7) is 4.14. The molecule has 0 bridgehead atoms. The molecule has 1 aliphatic carbocycles. The summed E-state index contributed by atoms with van der Waals surface area (Å²) in [5.41, 5.74) is 6.30. The van der Waals surface area contributed by atoms with Crippen LogP contribution in [0.25, 0.3) is 28.5 Å². The number of aromatic nitrogens is 4. The first-order valence-electron chi connectivity index (χ1n) is 9.80. The zero-order valence-electron chi connectivity index (χ0n) is 15.6. The largest absolute Gasteiger partial charge is 0.351 e. The number of carbonyl (C=O) groups excluding carboxylic acids is 1. The zero-order chi connectivity index (χ0) is 19.1. The Balaban J connectivity index is 1.59. The van der Waals surface area contributed by atoms with Crippen molar-refractivity contribution in [3.63, 3.8) is 0 Å². The van der Waals surface area contributed by atoms with Crippen LogP contribution >= 0.6 is 11.6 Å². The Hall–Kier alpha value is -2.44. The highest BCUT2D eigenvalue weighted by molar-refractivity contribution is 6.22. The van der Waals surface area contributed by atoms with E-state index in [1.54, 1.807) is 12.3 Å². The molecule has 1 saturated heterocycles. The third kappa shape index (κ3) is 3.06. The molecule has 7 heteroatoms. The van der Waals surface area contributed by atoms with E-state index in [0.29, 0.717) is 5.56 Å². The predicted octanol–water partition coefficient (Wildman–Crippen LogP) is 3.51. The number of allylic oxidation sites excluding steroid dienone is 1. The van der Waals surface area contributed by atoms with Crippen molar-refractivity contribution in [2.24, 2.45) is 0 Å². The summed E-state index contributed by atoms with van der Waals surface area (Å²) in [5.74, 6) is 0. The van der Waals surface area contributed by atoms with Crippen molar-refractivity contribution in [3.05, 3.63) is 41.2 Å². The second kappa shape index (κ2) is 7.18. The van der Waals surface area contributed by atoms with Crippen LogP contribution in [0.4, 0.5) is 0 Å². The maximum absolute atomic E-state index is 11.4. The first-order valence-corrected chi connectivity index (χ1v) is 10.2. The van der Waals surface area contributed by atoms with Crippen molar-refractivity contribution < 1.29 is 4.79 Å². The van der Waals surface area contributed by atoms with Crippen LogP contribution in [-0.4, -0.2) is 55.9 Å². The molecule has 5 rings (SSSR count). The highest BCUT2D eigenvalue weighted by Gasteiger charge is 2.25. The van der Waals surface area contributed by atoms with Crippen molar-refractivity contribution in [2.45, 2.75) is 31.2 Å². The second-order valence-electron chi connectivity index (χ2n) is 7.52. The Morgan fingerprint density at radius 3 is 2.96 bits per heavy atom. The average Bonchev–Trinajstić information content (AvgIpc) is 3.43. The fourth-order valence-electron chi connectivity index (χ4n) is 4.29. The summed E-state index contributed by atoms with van der Waals surface area (Å²) in [5, 5.41) is 4.84. The number of fused-ring (bicyclic) bond motifs is 2. The molecule has 0 radical (unpaired) electrons. The Morgan fingerprint density at radius 1 is 1.29 bits per heavy atom. The number of hydrogen-bond acceptors (Lipinski definition) is 4. The Labute approximate surface area is 168 Å². The molecule has 6 nitrogen and oxygen atoms in total. The van der Waals surface area contributed by atoms with Crippen LogP contribution < -0.4 is 0 Å². The van der Waals surface area contributed by atoms with Gasteiger partial charge in [-0.05, 0) is 50.6 Å². The van der Waals surface area contributed by atoms with Gasteiger partial charge in [-0.1, -0.05) is 6.08 Å². The highest BCUT2D eigenvalue weighted by Crippen LogP contribution is 2.33. The molecule has 1 unspecified atom stereocenters. The van der Waals surface area contributed by atoms with E-state index >= 15 is 0 Å². The molecule has 0 saturated carbocycles. The lowest BCUT2D eigenvalue weighted by Gasteiger charge is -2.16. The standard InChI is InChI=1S/C21H22ClN5O/c22-15-3-4-17-16(11-15)21(27(25-17)10-9-26-7-1-2-8-26)19-12-18-20(24-19)14(13-28)5-6-23-18/h3-6,12-13,15,24H,1-2,7-11H2. The monoisotopic (exact) mass is 395 g/mol. The van der Waals surface area contributed by atoms with Crippen LogP contribution in [0.15, 0.2) is 24.4 Å². The minimum atomic E-state index is -0.0319. The van der Waals surface area contributed by atoms with Gasteiger partial charge in [-0.2, -0.15) is 5.10 Å². The van der Waals surface area contributed by atoms with Gasteiger partial charge in [0, 0.05) is 23.9 Å². The number of alkyl halides is 1. The van der Waals surface area contributed by atoms with Crippen LogP contribution in [0.2, 0.25) is 0 Å². The van der Waals surface area contributed by atoms with Crippen LogP contribution in [-0.2, 0) is 13.0 Å². The summed E-state index contributed by atoms with van der Waals surface area (Å²) in [6, 6.07) is 3.74. The first-order chi connectivity index (χ1) is 13.7. The van der Waals surface area contributed by atoms with E-state index in [4.69, 9.17) is 16.7 Å². The molecule has 1 N–H and O–H groups in total. The Morgan fingerprint density at radius 2 is 2.14 bits per heavy atom. The zero-order valence-corrected chi connectivity index (χ0v) is 16.3. The van der Waals surface area contributed by atoms with Crippen molar-refractivity contribution >= 4 is 35.0 Å². The number of H-pyrrole nitrogens is 1. The predicted molar refractivity (Wildman–Crippen MR) is 111 cm³/mol. The molecular formula is C21H22ClN5O. The van der Waals surface area contributed by atoms with Gasteiger partial charge in [0.25, 0.3) is 0 Å². The van der Waals surface area contributed by atoms with Gasteiger partial charge in [0.1, 0.15) is 0 Å². The molecule has 3 aromatic heterocycles. The molecule has 0 amide bonds. The number of hydrogen-bond donors (Lipinski definition) is 1. The highest BCUT2D eigenvalue weighted by atomic mass is 35.5. The number of likely N-dealkylation sites (tertiary alicyclic amines) is 1. The van der Waals surface area contributed by atoms with Crippen LogP contribution in [0, 0.1) is 0 Å². The summed E-state index contributed by atoms with van der Waals surface area (Å²) < 4.78 is 2.09. The van der Waals surface area contributed by atoms with E-state index < -0.39 is 0 Å². The summed E-state index contributed by atoms with van der Waals surface area (Å²) in [7, 11) is 0. The summed E-state index contributed by atoms with van der Waals surface area (Å²) in [6.07, 6.45) is 9.86. The average molecular weight is 396 g/mol. The molecule has 1 atom stereocenters. The molecule has 144 valence electrons. The van der Waals surface area contributed by atoms with E-state index in [9.17, 15) is 4.79 Å². The number of pyridine rings is 1. The van der Waals surface area contributed by atoms with Crippen molar-refractivity contribution in [1.29, 1.82) is 0 Å². The quantitative estimate of drug-likeness (QED) is 0.530. The van der Waals surface area contributed by atoms with E-state index in [2.05, 4.69) is 19.5 Å². The smallest absolute Gasteiger partial charge is 0.152 e.